The monoisotopic (exact) mass is 435 g/mol. The van der Waals surface area contributed by atoms with Gasteiger partial charge in [0.15, 0.2) is 0 Å². The van der Waals surface area contributed by atoms with Crippen molar-refractivity contribution >= 4 is 29.1 Å². The van der Waals surface area contributed by atoms with Crippen LogP contribution in [0.3, 0.4) is 0 Å². The van der Waals surface area contributed by atoms with Crippen LogP contribution in [0, 0.1) is 0 Å². The van der Waals surface area contributed by atoms with Crippen LogP contribution in [0.15, 0.2) is 82.8 Å². The third kappa shape index (κ3) is 4.46. The number of ether oxygens (including phenoxy) is 1. The Bertz CT molecular complexity index is 1280. The van der Waals surface area contributed by atoms with E-state index in [4.69, 9.17) is 4.74 Å². The molecule has 2 aromatic carbocycles. The van der Waals surface area contributed by atoms with Crippen LogP contribution in [-0.4, -0.2) is 33.3 Å². The van der Waals surface area contributed by atoms with Crippen LogP contribution in [0.25, 0.3) is 16.6 Å². The summed E-state index contributed by atoms with van der Waals surface area (Å²) in [5.74, 6) is 1.50. The summed E-state index contributed by atoms with van der Waals surface area (Å²) >= 11 is 0. The summed E-state index contributed by atoms with van der Waals surface area (Å²) in [6, 6.07) is 19.1. The molecule has 0 radical (unpaired) electrons. The van der Waals surface area contributed by atoms with E-state index in [9.17, 15) is 4.79 Å². The van der Waals surface area contributed by atoms with Gasteiger partial charge < -0.3 is 10.1 Å². The third-order valence-electron chi connectivity index (χ3n) is 5.09. The van der Waals surface area contributed by atoms with E-state index in [0.717, 1.165) is 41.1 Å². The largest absolute Gasteiger partial charge is 0.489 e. The molecule has 0 aliphatic carbocycles. The fourth-order valence-electron chi connectivity index (χ4n) is 3.55. The van der Waals surface area contributed by atoms with Gasteiger partial charge in [0.05, 0.1) is 24.8 Å². The van der Waals surface area contributed by atoms with Gasteiger partial charge in [-0.1, -0.05) is 30.3 Å². The number of nitrogens with zero attached hydrogens (tertiary/aromatic N) is 4. The van der Waals surface area contributed by atoms with Gasteiger partial charge in [0, 0.05) is 29.9 Å². The first kappa shape index (κ1) is 20.7. The minimum atomic E-state index is -0.142. The zero-order chi connectivity index (χ0) is 20.3. The second kappa shape index (κ2) is 9.06. The molecule has 0 fully saturated rings. The lowest BCUT2D eigenvalue weighted by molar-refractivity contribution is 0.305. The van der Waals surface area contributed by atoms with Crippen molar-refractivity contribution in [3.8, 4) is 11.4 Å². The van der Waals surface area contributed by atoms with E-state index in [2.05, 4.69) is 15.4 Å². The molecule has 1 aliphatic rings. The summed E-state index contributed by atoms with van der Waals surface area (Å²) in [6.07, 6.45) is 3.56. The van der Waals surface area contributed by atoms with Gasteiger partial charge in [-0.25, -0.2) is 0 Å². The van der Waals surface area contributed by atoms with E-state index in [0.29, 0.717) is 18.9 Å². The molecule has 0 amide bonds. The van der Waals surface area contributed by atoms with Gasteiger partial charge in [-0.15, -0.1) is 12.4 Å². The topological polar surface area (TPSA) is 73.4 Å². The average molecular weight is 436 g/mol. The molecule has 4 aromatic rings. The van der Waals surface area contributed by atoms with Crippen molar-refractivity contribution in [3.05, 3.63) is 89.0 Å². The minimum Gasteiger partial charge on any atom is -0.489 e. The first-order valence-corrected chi connectivity index (χ1v) is 9.89. The molecule has 1 aliphatic heterocycles. The highest BCUT2D eigenvalue weighted by molar-refractivity contribution is 5.86. The molecule has 0 saturated carbocycles. The zero-order valence-corrected chi connectivity index (χ0v) is 17.6. The maximum atomic E-state index is 12.7. The third-order valence-corrected chi connectivity index (χ3v) is 5.09. The van der Waals surface area contributed by atoms with Crippen molar-refractivity contribution in [1.82, 2.24) is 19.7 Å². The maximum absolute atomic E-state index is 12.7. The van der Waals surface area contributed by atoms with Gasteiger partial charge in [0.1, 0.15) is 18.2 Å². The number of amidine groups is 1. The molecule has 0 atom stereocenters. The summed E-state index contributed by atoms with van der Waals surface area (Å²) in [6.45, 7) is 2.74. The Labute approximate surface area is 185 Å². The van der Waals surface area contributed by atoms with Crippen LogP contribution in [0.4, 0.5) is 0 Å². The Morgan fingerprint density at radius 2 is 1.94 bits per heavy atom. The summed E-state index contributed by atoms with van der Waals surface area (Å²) in [5, 5.41) is 8.71. The molecule has 7 nitrogen and oxygen atoms in total. The van der Waals surface area contributed by atoms with Crippen LogP contribution in [0.1, 0.15) is 5.56 Å². The molecule has 0 spiro atoms. The van der Waals surface area contributed by atoms with Gasteiger partial charge in [-0.05, 0) is 29.8 Å². The summed E-state index contributed by atoms with van der Waals surface area (Å²) in [5.41, 5.74) is 2.71. The molecule has 0 bridgehead atoms. The lowest BCUT2D eigenvalue weighted by Crippen LogP contribution is -2.24. The number of benzene rings is 2. The van der Waals surface area contributed by atoms with Gasteiger partial charge >= 0.3 is 0 Å². The van der Waals surface area contributed by atoms with Gasteiger partial charge in [-0.3, -0.25) is 19.0 Å². The highest BCUT2D eigenvalue weighted by atomic mass is 35.5. The second-order valence-electron chi connectivity index (χ2n) is 7.15. The summed E-state index contributed by atoms with van der Waals surface area (Å²) in [7, 11) is 0. The Morgan fingerprint density at radius 3 is 2.71 bits per heavy atom. The molecular weight excluding hydrogens is 414 g/mol. The number of nitrogens with one attached hydrogen (secondary N) is 1. The van der Waals surface area contributed by atoms with Crippen LogP contribution in [-0.2, 0) is 13.2 Å². The zero-order valence-electron chi connectivity index (χ0n) is 16.8. The standard InChI is InChI=1S/C23H21N5O2.ClH/c29-23-13-20(30-16-17-4-2-1-3-5-17)8-11-27(23)19-6-7-21-18(12-19)14-26-28(21)15-22-24-9-10-25-22;/h1-8,11-14H,9-10,15-16H2,(H,24,25);1H. The molecular formula is C23H22ClN5O2. The lowest BCUT2D eigenvalue weighted by atomic mass is 10.2. The number of aromatic nitrogens is 3. The fraction of sp³-hybridized carbons (Fsp3) is 0.174. The predicted molar refractivity (Wildman–Crippen MR) is 124 cm³/mol. The number of fused-ring (bicyclic) bond motifs is 1. The maximum Gasteiger partial charge on any atom is 0.258 e. The Hall–Kier alpha value is -3.58. The van der Waals surface area contributed by atoms with Crippen LogP contribution in [0.5, 0.6) is 5.75 Å². The minimum absolute atomic E-state index is 0. The quantitative estimate of drug-likeness (QED) is 0.504. The van der Waals surface area contributed by atoms with Crippen LogP contribution < -0.4 is 15.6 Å². The molecule has 31 heavy (non-hydrogen) atoms. The van der Waals surface area contributed by atoms with E-state index < -0.39 is 0 Å². The number of hydrogen-bond donors (Lipinski definition) is 1. The Balaban J connectivity index is 0.00000231. The van der Waals surface area contributed by atoms with E-state index in [1.54, 1.807) is 10.8 Å². The number of hydrogen-bond acceptors (Lipinski definition) is 5. The van der Waals surface area contributed by atoms with Gasteiger partial charge in [0.2, 0.25) is 0 Å². The lowest BCUT2D eigenvalue weighted by Gasteiger charge is -2.10. The molecule has 8 heteroatoms. The summed E-state index contributed by atoms with van der Waals surface area (Å²) in [4.78, 5) is 17.1. The molecule has 0 unspecified atom stereocenters. The molecule has 158 valence electrons. The van der Waals surface area contributed by atoms with Crippen molar-refractivity contribution in [1.29, 1.82) is 0 Å². The normalized spacial score (nSPS) is 12.8. The first-order chi connectivity index (χ1) is 14.8. The number of pyridine rings is 1. The number of rotatable bonds is 6. The SMILES string of the molecule is Cl.O=c1cc(OCc2ccccc2)ccn1-c1ccc2c(cnn2CC2=NCCN2)c1. The van der Waals surface area contributed by atoms with Crippen LogP contribution >= 0.6 is 12.4 Å². The molecule has 0 saturated heterocycles. The molecule has 2 aromatic heterocycles. The Morgan fingerprint density at radius 1 is 1.06 bits per heavy atom. The second-order valence-corrected chi connectivity index (χ2v) is 7.15. The van der Waals surface area contributed by atoms with Crippen molar-refractivity contribution in [2.24, 2.45) is 4.99 Å². The highest BCUT2D eigenvalue weighted by Crippen LogP contribution is 2.19. The van der Waals surface area contributed by atoms with E-state index >= 15 is 0 Å². The average Bonchev–Trinajstić information content (AvgIpc) is 3.43. The fourth-order valence-corrected chi connectivity index (χ4v) is 3.55. The molecule has 3 heterocycles. The van der Waals surface area contributed by atoms with Gasteiger partial charge in [-0.2, -0.15) is 5.10 Å². The number of aliphatic imine (C=N–C) groups is 1. The van der Waals surface area contributed by atoms with Crippen LogP contribution in [0.2, 0.25) is 0 Å². The Kier molecular flexibility index (Phi) is 6.04. The van der Waals surface area contributed by atoms with Crippen molar-refractivity contribution in [3.63, 3.8) is 0 Å². The van der Waals surface area contributed by atoms with Crippen molar-refractivity contribution in [2.45, 2.75) is 13.2 Å². The van der Waals surface area contributed by atoms with Gasteiger partial charge in [0.25, 0.3) is 5.56 Å². The van der Waals surface area contributed by atoms with Crippen molar-refractivity contribution < 1.29 is 4.74 Å². The predicted octanol–water partition coefficient (Wildman–Crippen LogP) is 3.19. The van der Waals surface area contributed by atoms with E-state index in [1.165, 1.54) is 6.07 Å². The van der Waals surface area contributed by atoms with E-state index in [1.807, 2.05) is 65.5 Å². The summed E-state index contributed by atoms with van der Waals surface area (Å²) < 4.78 is 9.28. The van der Waals surface area contributed by atoms with Crippen molar-refractivity contribution in [2.75, 3.05) is 13.1 Å². The number of halogens is 1. The first-order valence-electron chi connectivity index (χ1n) is 9.89. The molecule has 5 rings (SSSR count). The highest BCUT2D eigenvalue weighted by Gasteiger charge is 2.10. The molecule has 1 N–H and O–H groups in total. The van der Waals surface area contributed by atoms with E-state index in [-0.39, 0.29) is 18.0 Å². The smallest absolute Gasteiger partial charge is 0.258 e.